The van der Waals surface area contributed by atoms with Gasteiger partial charge in [-0.3, -0.25) is 0 Å². The predicted molar refractivity (Wildman–Crippen MR) is 90.0 cm³/mol. The van der Waals surface area contributed by atoms with Gasteiger partial charge in [-0.25, -0.2) is 9.59 Å². The van der Waals surface area contributed by atoms with Gasteiger partial charge in [-0.15, -0.1) is 13.2 Å². The van der Waals surface area contributed by atoms with Gasteiger partial charge in [-0.1, -0.05) is 23.7 Å². The SMILES string of the molecule is COC(=O)C1=C(C(=O)OC)N(c2c(Cl)cccc2OC(F)(F)F)C=CC=C1. The van der Waals surface area contributed by atoms with E-state index in [0.717, 1.165) is 25.2 Å². The highest BCUT2D eigenvalue weighted by Crippen LogP contribution is 2.41. The Morgan fingerprint density at radius 2 is 1.74 bits per heavy atom. The summed E-state index contributed by atoms with van der Waals surface area (Å²) in [4.78, 5) is 25.4. The van der Waals surface area contributed by atoms with E-state index in [1.54, 1.807) is 0 Å². The number of rotatable bonds is 4. The van der Waals surface area contributed by atoms with Gasteiger partial charge in [0, 0.05) is 6.20 Å². The van der Waals surface area contributed by atoms with E-state index in [4.69, 9.17) is 11.6 Å². The first-order chi connectivity index (χ1) is 12.7. The monoisotopic (exact) mass is 403 g/mol. The zero-order valence-electron chi connectivity index (χ0n) is 14.0. The average molecular weight is 404 g/mol. The number of hydrogen-bond donors (Lipinski definition) is 0. The molecule has 0 atom stereocenters. The van der Waals surface area contributed by atoms with Gasteiger partial charge in [0.2, 0.25) is 0 Å². The molecule has 1 heterocycles. The van der Waals surface area contributed by atoms with Crippen LogP contribution in [0.15, 0.2) is 53.9 Å². The summed E-state index contributed by atoms with van der Waals surface area (Å²) in [6.07, 6.45) is 0.280. The minimum atomic E-state index is -5.01. The van der Waals surface area contributed by atoms with E-state index < -0.39 is 29.7 Å². The lowest BCUT2D eigenvalue weighted by Gasteiger charge is -2.26. The summed E-state index contributed by atoms with van der Waals surface area (Å²) in [6.45, 7) is 0. The minimum Gasteiger partial charge on any atom is -0.465 e. The molecule has 1 aliphatic rings. The molecule has 0 saturated carbocycles. The molecule has 27 heavy (non-hydrogen) atoms. The Balaban J connectivity index is 2.75. The fraction of sp³-hybridized carbons (Fsp3) is 0.176. The highest BCUT2D eigenvalue weighted by Gasteiger charge is 2.35. The first-order valence-corrected chi connectivity index (χ1v) is 7.66. The van der Waals surface area contributed by atoms with Crippen LogP contribution in [-0.4, -0.2) is 32.5 Å². The molecule has 0 amide bonds. The number of anilines is 1. The fourth-order valence-electron chi connectivity index (χ4n) is 2.27. The van der Waals surface area contributed by atoms with Crippen LogP contribution in [0.5, 0.6) is 5.75 Å². The third-order valence-electron chi connectivity index (χ3n) is 3.31. The second-order valence-electron chi connectivity index (χ2n) is 4.95. The lowest BCUT2D eigenvalue weighted by Crippen LogP contribution is -2.28. The van der Waals surface area contributed by atoms with Crippen LogP contribution in [0.3, 0.4) is 0 Å². The first kappa shape index (κ1) is 20.4. The van der Waals surface area contributed by atoms with Crippen molar-refractivity contribution in [3.8, 4) is 5.75 Å². The Morgan fingerprint density at radius 3 is 2.33 bits per heavy atom. The molecule has 1 aliphatic heterocycles. The summed E-state index contributed by atoms with van der Waals surface area (Å²) in [5.74, 6) is -2.57. The van der Waals surface area contributed by atoms with Gasteiger partial charge >= 0.3 is 18.3 Å². The van der Waals surface area contributed by atoms with Crippen molar-refractivity contribution >= 4 is 29.2 Å². The molecule has 0 N–H and O–H groups in total. The number of methoxy groups -OCH3 is 2. The number of carbonyl (C=O) groups is 2. The molecule has 10 heteroatoms. The third-order valence-corrected chi connectivity index (χ3v) is 3.61. The number of benzene rings is 1. The van der Waals surface area contributed by atoms with Crippen molar-refractivity contribution in [3.05, 3.63) is 58.9 Å². The van der Waals surface area contributed by atoms with Crippen molar-refractivity contribution in [2.75, 3.05) is 19.1 Å². The zero-order chi connectivity index (χ0) is 20.2. The molecule has 0 fully saturated rings. The molecule has 0 spiro atoms. The van der Waals surface area contributed by atoms with E-state index in [1.807, 2.05) is 0 Å². The van der Waals surface area contributed by atoms with Crippen molar-refractivity contribution < 1.29 is 37.0 Å². The number of allylic oxidation sites excluding steroid dienone is 2. The number of halogens is 4. The molecule has 2 rings (SSSR count). The molecule has 1 aromatic carbocycles. The van der Waals surface area contributed by atoms with Crippen molar-refractivity contribution in [1.82, 2.24) is 0 Å². The van der Waals surface area contributed by atoms with Crippen molar-refractivity contribution in [2.45, 2.75) is 6.36 Å². The second kappa shape index (κ2) is 8.17. The molecule has 0 bridgehead atoms. The molecule has 0 saturated heterocycles. The summed E-state index contributed by atoms with van der Waals surface area (Å²) < 4.78 is 51.7. The van der Waals surface area contributed by atoms with E-state index in [0.29, 0.717) is 0 Å². The first-order valence-electron chi connectivity index (χ1n) is 7.29. The number of hydrogen-bond acceptors (Lipinski definition) is 6. The Kier molecular flexibility index (Phi) is 6.17. The molecular formula is C17H13ClF3NO5. The van der Waals surface area contributed by atoms with Crippen molar-refractivity contribution in [3.63, 3.8) is 0 Å². The molecular weight excluding hydrogens is 391 g/mol. The van der Waals surface area contributed by atoms with Crippen LogP contribution in [0.1, 0.15) is 0 Å². The molecule has 0 aromatic heterocycles. The number of carbonyl (C=O) groups excluding carboxylic acids is 2. The highest BCUT2D eigenvalue weighted by molar-refractivity contribution is 6.34. The summed E-state index contributed by atoms with van der Waals surface area (Å²) in [5, 5.41) is -0.158. The number of ether oxygens (including phenoxy) is 3. The Bertz CT molecular complexity index is 845. The van der Waals surface area contributed by atoms with E-state index in [1.165, 1.54) is 36.6 Å². The van der Waals surface area contributed by atoms with E-state index >= 15 is 0 Å². The van der Waals surface area contributed by atoms with Crippen molar-refractivity contribution in [2.24, 2.45) is 0 Å². The minimum absolute atomic E-state index is 0.158. The summed E-state index contributed by atoms with van der Waals surface area (Å²) in [7, 11) is 2.15. The van der Waals surface area contributed by atoms with Gasteiger partial charge < -0.3 is 19.1 Å². The molecule has 1 aromatic rings. The molecule has 144 valence electrons. The second-order valence-corrected chi connectivity index (χ2v) is 5.36. The van der Waals surface area contributed by atoms with Crippen molar-refractivity contribution in [1.29, 1.82) is 0 Å². The maximum absolute atomic E-state index is 12.8. The quantitative estimate of drug-likeness (QED) is 0.714. The average Bonchev–Trinajstić information content (AvgIpc) is 2.82. The lowest BCUT2D eigenvalue weighted by atomic mass is 10.1. The lowest BCUT2D eigenvalue weighted by molar-refractivity contribution is -0.274. The fourth-order valence-corrected chi connectivity index (χ4v) is 2.53. The van der Waals surface area contributed by atoms with Gasteiger partial charge in [0.15, 0.2) is 5.75 Å². The largest absolute Gasteiger partial charge is 0.573 e. The van der Waals surface area contributed by atoms with E-state index in [2.05, 4.69) is 14.2 Å². The van der Waals surface area contributed by atoms with Crippen LogP contribution < -0.4 is 9.64 Å². The van der Waals surface area contributed by atoms with Gasteiger partial charge in [0.1, 0.15) is 11.4 Å². The van der Waals surface area contributed by atoms with Crippen LogP contribution in [0.25, 0.3) is 0 Å². The molecule has 6 nitrogen and oxygen atoms in total. The number of nitrogens with zero attached hydrogens (tertiary/aromatic N) is 1. The van der Waals surface area contributed by atoms with Gasteiger partial charge in [0.25, 0.3) is 0 Å². The maximum Gasteiger partial charge on any atom is 0.573 e. The standard InChI is InChI=1S/C17H13ClF3NO5/c1-25-15(23)10-6-3-4-9-22(13(10)16(24)26-2)14-11(18)7-5-8-12(14)27-17(19,20)21/h3-9H,1-2H3. The van der Waals surface area contributed by atoms with Gasteiger partial charge in [0.05, 0.1) is 24.8 Å². The number of alkyl halides is 3. The highest BCUT2D eigenvalue weighted by atomic mass is 35.5. The Morgan fingerprint density at radius 1 is 1.07 bits per heavy atom. The number of para-hydroxylation sites is 1. The topological polar surface area (TPSA) is 65.1 Å². The molecule has 0 unspecified atom stereocenters. The summed E-state index contributed by atoms with van der Waals surface area (Å²) in [5.41, 5.74) is -0.944. The summed E-state index contributed by atoms with van der Waals surface area (Å²) in [6, 6.07) is 3.57. The van der Waals surface area contributed by atoms with E-state index in [9.17, 15) is 22.8 Å². The molecule has 0 radical (unpaired) electrons. The van der Waals surface area contributed by atoms with Crippen LogP contribution in [0.4, 0.5) is 18.9 Å². The van der Waals surface area contributed by atoms with Crippen LogP contribution in [0, 0.1) is 0 Å². The maximum atomic E-state index is 12.8. The smallest absolute Gasteiger partial charge is 0.465 e. The molecule has 0 aliphatic carbocycles. The van der Waals surface area contributed by atoms with Gasteiger partial charge in [-0.05, 0) is 24.3 Å². The van der Waals surface area contributed by atoms with E-state index in [-0.39, 0.29) is 16.3 Å². The number of esters is 2. The van der Waals surface area contributed by atoms with Gasteiger partial charge in [-0.2, -0.15) is 0 Å². The third kappa shape index (κ3) is 4.62. The van der Waals surface area contributed by atoms with Crippen LogP contribution >= 0.6 is 11.6 Å². The van der Waals surface area contributed by atoms with Crippen LogP contribution in [-0.2, 0) is 19.1 Å². The van der Waals surface area contributed by atoms with Crippen LogP contribution in [0.2, 0.25) is 5.02 Å². The zero-order valence-corrected chi connectivity index (χ0v) is 14.8. The Labute approximate surface area is 157 Å². The normalized spacial score (nSPS) is 14.1. The summed E-state index contributed by atoms with van der Waals surface area (Å²) >= 11 is 6.09. The predicted octanol–water partition coefficient (Wildman–Crippen LogP) is 3.73. The Hall–Kier alpha value is -2.94.